The highest BCUT2D eigenvalue weighted by atomic mass is 32.2. The Bertz CT molecular complexity index is 652. The van der Waals surface area contributed by atoms with Crippen LogP contribution < -0.4 is 0 Å². The van der Waals surface area contributed by atoms with Crippen molar-refractivity contribution in [2.24, 2.45) is 0 Å². The van der Waals surface area contributed by atoms with E-state index >= 15 is 0 Å². The Balaban J connectivity index is 2.70. The molecule has 1 heterocycles. The molecule has 0 spiro atoms. The number of thioether (sulfide) groups is 1. The molecule has 5 heteroatoms. The number of nitriles is 1. The predicted octanol–water partition coefficient (Wildman–Crippen LogP) is 2.97. The summed E-state index contributed by atoms with van der Waals surface area (Å²) < 4.78 is 13.8. The van der Waals surface area contributed by atoms with E-state index in [0.29, 0.717) is 27.4 Å². The Morgan fingerprint density at radius 1 is 1.42 bits per heavy atom. The normalized spacial score (nSPS) is 10.2. The van der Waals surface area contributed by atoms with Crippen molar-refractivity contribution in [3.63, 3.8) is 0 Å². The summed E-state index contributed by atoms with van der Waals surface area (Å²) in [6.45, 7) is -0.292. The minimum atomic E-state index is -0.401. The van der Waals surface area contributed by atoms with Crippen LogP contribution in [0.2, 0.25) is 0 Å². The van der Waals surface area contributed by atoms with Crippen LogP contribution in [0.25, 0.3) is 11.3 Å². The van der Waals surface area contributed by atoms with Crippen molar-refractivity contribution in [3.05, 3.63) is 47.3 Å². The van der Waals surface area contributed by atoms with E-state index in [0.717, 1.165) is 0 Å². The standard InChI is InChI=1S/C14H11FN2OS/c1-19-14-9(7-16)6-10(8-18)13(17-14)11-4-2-3-5-12(11)15/h2-6,18H,8H2,1H3. The monoisotopic (exact) mass is 274 g/mol. The fourth-order valence-corrected chi connectivity index (χ4v) is 2.29. The van der Waals surface area contributed by atoms with Crippen molar-refractivity contribution in [1.29, 1.82) is 5.26 Å². The molecule has 3 nitrogen and oxygen atoms in total. The predicted molar refractivity (Wildman–Crippen MR) is 72.0 cm³/mol. The molecule has 0 aliphatic carbocycles. The van der Waals surface area contributed by atoms with Crippen LogP contribution in [0.3, 0.4) is 0 Å². The van der Waals surface area contributed by atoms with Crippen molar-refractivity contribution in [2.45, 2.75) is 11.6 Å². The van der Waals surface area contributed by atoms with Gasteiger partial charge in [0.25, 0.3) is 0 Å². The van der Waals surface area contributed by atoms with Gasteiger partial charge in [0.15, 0.2) is 0 Å². The molecule has 0 aliphatic heterocycles. The van der Waals surface area contributed by atoms with Gasteiger partial charge >= 0.3 is 0 Å². The average molecular weight is 274 g/mol. The number of aliphatic hydroxyl groups is 1. The first-order valence-corrected chi connectivity index (χ1v) is 6.77. The van der Waals surface area contributed by atoms with E-state index in [2.05, 4.69) is 4.98 Å². The molecule has 0 radical (unpaired) electrons. The first kappa shape index (κ1) is 13.5. The summed E-state index contributed by atoms with van der Waals surface area (Å²) in [4.78, 5) is 4.30. The third-order valence-electron chi connectivity index (χ3n) is 2.68. The van der Waals surface area contributed by atoms with Crippen LogP contribution >= 0.6 is 11.8 Å². The number of nitrogens with zero attached hydrogens (tertiary/aromatic N) is 2. The molecule has 19 heavy (non-hydrogen) atoms. The van der Waals surface area contributed by atoms with Crippen LogP contribution in [0, 0.1) is 17.1 Å². The quantitative estimate of drug-likeness (QED) is 0.874. The van der Waals surface area contributed by atoms with Gasteiger partial charge in [-0.05, 0) is 24.5 Å². The molecule has 1 aromatic heterocycles. The Morgan fingerprint density at radius 3 is 2.74 bits per heavy atom. The van der Waals surface area contributed by atoms with E-state index in [4.69, 9.17) is 5.26 Å². The summed E-state index contributed by atoms with van der Waals surface area (Å²) in [7, 11) is 0. The van der Waals surface area contributed by atoms with Crippen molar-refractivity contribution >= 4 is 11.8 Å². The lowest BCUT2D eigenvalue weighted by Gasteiger charge is -2.10. The van der Waals surface area contributed by atoms with Crippen LogP contribution in [-0.2, 0) is 6.61 Å². The minimum Gasteiger partial charge on any atom is -0.392 e. The fraction of sp³-hybridized carbons (Fsp3) is 0.143. The summed E-state index contributed by atoms with van der Waals surface area (Å²) in [5.41, 5.74) is 1.53. The van der Waals surface area contributed by atoms with E-state index in [1.807, 2.05) is 6.07 Å². The largest absolute Gasteiger partial charge is 0.392 e. The molecule has 0 amide bonds. The van der Waals surface area contributed by atoms with Crippen molar-refractivity contribution in [3.8, 4) is 17.3 Å². The van der Waals surface area contributed by atoms with E-state index in [1.165, 1.54) is 17.8 Å². The van der Waals surface area contributed by atoms with Gasteiger partial charge in [0.2, 0.25) is 0 Å². The topological polar surface area (TPSA) is 56.9 Å². The number of hydrogen-bond acceptors (Lipinski definition) is 4. The maximum atomic E-state index is 13.8. The zero-order chi connectivity index (χ0) is 13.8. The minimum absolute atomic E-state index is 0.292. The zero-order valence-corrected chi connectivity index (χ0v) is 11.0. The molecule has 2 rings (SSSR count). The number of pyridine rings is 1. The van der Waals surface area contributed by atoms with E-state index in [1.54, 1.807) is 30.5 Å². The van der Waals surface area contributed by atoms with Crippen molar-refractivity contribution in [1.82, 2.24) is 4.98 Å². The summed E-state index contributed by atoms with van der Waals surface area (Å²) >= 11 is 1.32. The van der Waals surface area contributed by atoms with Gasteiger partial charge in [-0.25, -0.2) is 9.37 Å². The molecule has 2 aromatic rings. The average Bonchev–Trinajstić information content (AvgIpc) is 2.46. The van der Waals surface area contributed by atoms with Crippen LogP contribution in [0.5, 0.6) is 0 Å². The molecule has 0 atom stereocenters. The number of benzene rings is 1. The molecular weight excluding hydrogens is 263 g/mol. The summed E-state index contributed by atoms with van der Waals surface area (Å²) in [5.74, 6) is -0.401. The third-order valence-corrected chi connectivity index (χ3v) is 3.38. The van der Waals surface area contributed by atoms with Crippen LogP contribution in [0.1, 0.15) is 11.1 Å². The number of hydrogen-bond donors (Lipinski definition) is 1. The molecule has 1 aromatic carbocycles. The maximum Gasteiger partial charge on any atom is 0.132 e. The highest BCUT2D eigenvalue weighted by Crippen LogP contribution is 2.29. The SMILES string of the molecule is CSc1nc(-c2ccccc2F)c(CO)cc1C#N. The van der Waals surface area contributed by atoms with E-state index in [9.17, 15) is 9.50 Å². The lowest BCUT2D eigenvalue weighted by Crippen LogP contribution is -1.99. The van der Waals surface area contributed by atoms with Crippen LogP contribution in [0.4, 0.5) is 4.39 Å². The second kappa shape index (κ2) is 5.83. The molecule has 0 bridgehead atoms. The van der Waals surface area contributed by atoms with Crippen molar-refractivity contribution < 1.29 is 9.50 Å². The molecule has 0 saturated carbocycles. The van der Waals surface area contributed by atoms with Gasteiger partial charge in [0, 0.05) is 11.1 Å². The highest BCUT2D eigenvalue weighted by molar-refractivity contribution is 7.98. The lowest BCUT2D eigenvalue weighted by atomic mass is 10.0. The Labute approximate surface area is 114 Å². The Hall–Kier alpha value is -1.90. The second-order valence-electron chi connectivity index (χ2n) is 3.80. The molecular formula is C14H11FN2OS. The Morgan fingerprint density at radius 2 is 2.16 bits per heavy atom. The van der Waals surface area contributed by atoms with Gasteiger partial charge in [-0.1, -0.05) is 12.1 Å². The Kier molecular flexibility index (Phi) is 4.15. The smallest absolute Gasteiger partial charge is 0.132 e. The summed E-state index contributed by atoms with van der Waals surface area (Å²) in [6, 6.07) is 9.83. The van der Waals surface area contributed by atoms with Crippen LogP contribution in [-0.4, -0.2) is 16.3 Å². The third kappa shape index (κ3) is 2.60. The van der Waals surface area contributed by atoms with Gasteiger partial charge in [0.05, 0.1) is 17.9 Å². The van der Waals surface area contributed by atoms with Gasteiger partial charge in [-0.3, -0.25) is 0 Å². The first-order valence-electron chi connectivity index (χ1n) is 5.55. The number of aliphatic hydroxyl groups excluding tert-OH is 1. The highest BCUT2D eigenvalue weighted by Gasteiger charge is 2.15. The number of aromatic nitrogens is 1. The van der Waals surface area contributed by atoms with Gasteiger partial charge in [0.1, 0.15) is 16.9 Å². The van der Waals surface area contributed by atoms with Crippen LogP contribution in [0.15, 0.2) is 35.4 Å². The first-order chi connectivity index (χ1) is 9.21. The molecule has 0 aliphatic rings. The molecule has 0 unspecified atom stereocenters. The van der Waals surface area contributed by atoms with Gasteiger partial charge < -0.3 is 5.11 Å². The number of halogens is 1. The van der Waals surface area contributed by atoms with E-state index < -0.39 is 5.82 Å². The maximum absolute atomic E-state index is 13.8. The summed E-state index contributed by atoms with van der Waals surface area (Å²) in [5, 5.41) is 18.9. The molecule has 1 N–H and O–H groups in total. The lowest BCUT2D eigenvalue weighted by molar-refractivity contribution is 0.282. The molecule has 96 valence electrons. The summed E-state index contributed by atoms with van der Waals surface area (Å²) in [6.07, 6.45) is 1.80. The van der Waals surface area contributed by atoms with Gasteiger partial charge in [-0.15, -0.1) is 11.8 Å². The molecule has 0 fully saturated rings. The van der Waals surface area contributed by atoms with Gasteiger partial charge in [-0.2, -0.15) is 5.26 Å². The van der Waals surface area contributed by atoms with E-state index in [-0.39, 0.29) is 6.61 Å². The zero-order valence-electron chi connectivity index (χ0n) is 10.2. The fourth-order valence-electron chi connectivity index (χ4n) is 1.78. The molecule has 0 saturated heterocycles. The number of rotatable bonds is 3. The second-order valence-corrected chi connectivity index (χ2v) is 4.60. The van der Waals surface area contributed by atoms with Crippen molar-refractivity contribution in [2.75, 3.05) is 6.26 Å².